The summed E-state index contributed by atoms with van der Waals surface area (Å²) in [6.07, 6.45) is 0. The lowest BCUT2D eigenvalue weighted by Gasteiger charge is -2.09. The van der Waals surface area contributed by atoms with Crippen molar-refractivity contribution in [1.29, 1.82) is 0 Å². The number of nitrogens with one attached hydrogen (secondary N) is 1. The van der Waals surface area contributed by atoms with Crippen molar-refractivity contribution in [3.05, 3.63) is 47.3 Å². The van der Waals surface area contributed by atoms with Crippen molar-refractivity contribution >= 4 is 17.3 Å². The number of carbonyl (C=O) groups is 1. The highest BCUT2D eigenvalue weighted by atomic mass is 16.2. The zero-order chi connectivity index (χ0) is 15.0. The first-order chi connectivity index (χ1) is 10.1. The van der Waals surface area contributed by atoms with Crippen LogP contribution in [0.5, 0.6) is 0 Å². The molecule has 0 saturated heterocycles. The monoisotopic (exact) mass is 282 g/mol. The summed E-state index contributed by atoms with van der Waals surface area (Å²) in [6.45, 7) is 6.48. The highest BCUT2D eigenvalue weighted by Crippen LogP contribution is 2.27. The molecule has 1 atom stereocenters. The maximum absolute atomic E-state index is 12.1. The van der Waals surface area contributed by atoms with Crippen LogP contribution in [0.2, 0.25) is 0 Å². The molecule has 1 amide bonds. The minimum Gasteiger partial charge on any atom is -0.321 e. The summed E-state index contributed by atoms with van der Waals surface area (Å²) in [5.74, 6) is -0.0964. The van der Waals surface area contributed by atoms with Crippen molar-refractivity contribution in [1.82, 2.24) is 9.78 Å². The largest absolute Gasteiger partial charge is 0.321 e. The van der Waals surface area contributed by atoms with Gasteiger partial charge < -0.3 is 5.32 Å². The Labute approximate surface area is 123 Å². The molecule has 21 heavy (non-hydrogen) atoms. The van der Waals surface area contributed by atoms with Gasteiger partial charge in [0.25, 0.3) is 0 Å². The number of aryl methyl sites for hydroxylation is 2. The van der Waals surface area contributed by atoms with Crippen LogP contribution in [-0.4, -0.2) is 27.4 Å². The molecule has 1 N–H and O–H groups in total. The summed E-state index contributed by atoms with van der Waals surface area (Å²) in [4.78, 5) is 16.8. The molecule has 5 nitrogen and oxygen atoms in total. The number of benzene rings is 1. The quantitative estimate of drug-likeness (QED) is 0.919. The van der Waals surface area contributed by atoms with E-state index in [9.17, 15) is 4.79 Å². The number of hydrogen-bond donors (Lipinski definition) is 1. The molecule has 0 aliphatic carbocycles. The molecule has 1 aliphatic rings. The van der Waals surface area contributed by atoms with Gasteiger partial charge in [0, 0.05) is 12.1 Å². The van der Waals surface area contributed by atoms with Gasteiger partial charge in [0.15, 0.2) is 0 Å². The van der Waals surface area contributed by atoms with E-state index >= 15 is 0 Å². The number of carbonyl (C=O) groups excluding carboxylic acids is 1. The molecule has 0 spiro atoms. The molecule has 0 radical (unpaired) electrons. The Morgan fingerprint density at radius 3 is 2.67 bits per heavy atom. The number of aliphatic imine (C=N–C) groups is 1. The highest BCUT2D eigenvalue weighted by molar-refractivity contribution is 6.19. The second-order valence-corrected chi connectivity index (χ2v) is 5.13. The van der Waals surface area contributed by atoms with E-state index in [1.165, 1.54) is 0 Å². The zero-order valence-corrected chi connectivity index (χ0v) is 12.4. The normalized spacial score (nSPS) is 17.8. The fraction of sp³-hybridized carbons (Fsp3) is 0.312. The number of nitrogens with zero attached hydrogens (tertiary/aromatic N) is 3. The standard InChI is InChI=1S/C16H18N4O/c1-4-20-15-13(10(2)19-20)18-16(21)11(3)17-14(15)12-8-6-5-7-9-12/h5-9,11H,4H2,1-3H3,(H,18,21)/t11-/m1/s1. The third-order valence-corrected chi connectivity index (χ3v) is 3.65. The van der Waals surface area contributed by atoms with E-state index in [4.69, 9.17) is 0 Å². The number of rotatable bonds is 2. The Morgan fingerprint density at radius 1 is 1.29 bits per heavy atom. The number of fused-ring (bicyclic) bond motifs is 1. The van der Waals surface area contributed by atoms with Gasteiger partial charge in [0.05, 0.1) is 17.1 Å². The second kappa shape index (κ2) is 5.16. The van der Waals surface area contributed by atoms with Crippen LogP contribution in [0, 0.1) is 6.92 Å². The van der Waals surface area contributed by atoms with E-state index in [0.29, 0.717) is 0 Å². The fourth-order valence-corrected chi connectivity index (χ4v) is 2.55. The van der Waals surface area contributed by atoms with E-state index in [2.05, 4.69) is 15.4 Å². The molecule has 1 aromatic carbocycles. The molecule has 2 heterocycles. The summed E-state index contributed by atoms with van der Waals surface area (Å²) in [5, 5.41) is 7.47. The van der Waals surface area contributed by atoms with Crippen LogP contribution >= 0.6 is 0 Å². The minimum absolute atomic E-state index is 0.0964. The molecular formula is C16H18N4O. The predicted octanol–water partition coefficient (Wildman–Crippen LogP) is 2.39. The highest BCUT2D eigenvalue weighted by Gasteiger charge is 2.28. The fourth-order valence-electron chi connectivity index (χ4n) is 2.55. The van der Waals surface area contributed by atoms with Gasteiger partial charge in [-0.3, -0.25) is 14.5 Å². The maximum atomic E-state index is 12.1. The van der Waals surface area contributed by atoms with Crippen LogP contribution in [0.1, 0.15) is 30.8 Å². The van der Waals surface area contributed by atoms with E-state index in [1.54, 1.807) is 0 Å². The van der Waals surface area contributed by atoms with Crippen LogP contribution in [-0.2, 0) is 11.3 Å². The number of hydrogen-bond acceptors (Lipinski definition) is 3. The van der Waals surface area contributed by atoms with Crippen molar-refractivity contribution in [2.75, 3.05) is 5.32 Å². The first-order valence-corrected chi connectivity index (χ1v) is 7.13. The molecule has 108 valence electrons. The number of amides is 1. The van der Waals surface area contributed by atoms with Crippen molar-refractivity contribution in [2.24, 2.45) is 4.99 Å². The summed E-state index contributed by atoms with van der Waals surface area (Å²) in [7, 11) is 0. The lowest BCUT2D eigenvalue weighted by Crippen LogP contribution is -2.22. The molecule has 2 aromatic rings. The smallest absolute Gasteiger partial charge is 0.249 e. The average molecular weight is 282 g/mol. The van der Waals surface area contributed by atoms with Gasteiger partial charge in [0.1, 0.15) is 11.7 Å². The Kier molecular flexibility index (Phi) is 3.33. The van der Waals surface area contributed by atoms with Gasteiger partial charge in [-0.2, -0.15) is 5.10 Å². The third kappa shape index (κ3) is 2.24. The molecule has 1 aliphatic heterocycles. The average Bonchev–Trinajstić information content (AvgIpc) is 2.74. The van der Waals surface area contributed by atoms with Crippen LogP contribution in [0.25, 0.3) is 0 Å². The van der Waals surface area contributed by atoms with E-state index < -0.39 is 6.04 Å². The minimum atomic E-state index is -0.419. The van der Waals surface area contributed by atoms with Gasteiger partial charge in [0.2, 0.25) is 5.91 Å². The third-order valence-electron chi connectivity index (χ3n) is 3.65. The Morgan fingerprint density at radius 2 is 2.00 bits per heavy atom. The molecule has 0 bridgehead atoms. The van der Waals surface area contributed by atoms with Gasteiger partial charge in [-0.15, -0.1) is 0 Å². The second-order valence-electron chi connectivity index (χ2n) is 5.13. The summed E-state index contributed by atoms with van der Waals surface area (Å²) >= 11 is 0. The maximum Gasteiger partial charge on any atom is 0.249 e. The summed E-state index contributed by atoms with van der Waals surface area (Å²) < 4.78 is 1.90. The summed E-state index contributed by atoms with van der Waals surface area (Å²) in [6, 6.07) is 9.51. The van der Waals surface area contributed by atoms with E-state index in [0.717, 1.165) is 34.9 Å². The Balaban J connectivity index is 2.27. The SMILES string of the molecule is CCn1nc(C)c2c1C(c1ccccc1)=N[C@H](C)C(=O)N2. The molecule has 0 fully saturated rings. The van der Waals surface area contributed by atoms with Crippen LogP contribution < -0.4 is 5.32 Å². The van der Waals surface area contributed by atoms with Crippen LogP contribution in [0.15, 0.2) is 35.3 Å². The number of anilines is 1. The Hall–Kier alpha value is -2.43. The molecule has 0 saturated carbocycles. The van der Waals surface area contributed by atoms with Gasteiger partial charge >= 0.3 is 0 Å². The van der Waals surface area contributed by atoms with Crippen molar-refractivity contribution in [3.63, 3.8) is 0 Å². The van der Waals surface area contributed by atoms with E-state index in [1.807, 2.05) is 55.8 Å². The van der Waals surface area contributed by atoms with Gasteiger partial charge in [-0.25, -0.2) is 0 Å². The first-order valence-electron chi connectivity index (χ1n) is 7.13. The predicted molar refractivity (Wildman–Crippen MR) is 82.8 cm³/mol. The van der Waals surface area contributed by atoms with Crippen molar-refractivity contribution in [2.45, 2.75) is 33.4 Å². The topological polar surface area (TPSA) is 59.3 Å². The van der Waals surface area contributed by atoms with Gasteiger partial charge in [-0.1, -0.05) is 30.3 Å². The lowest BCUT2D eigenvalue weighted by molar-refractivity contribution is -0.116. The van der Waals surface area contributed by atoms with E-state index in [-0.39, 0.29) is 5.91 Å². The molecule has 1 aromatic heterocycles. The van der Waals surface area contributed by atoms with Gasteiger partial charge in [-0.05, 0) is 20.8 Å². The molecular weight excluding hydrogens is 264 g/mol. The molecule has 5 heteroatoms. The molecule has 3 rings (SSSR count). The zero-order valence-electron chi connectivity index (χ0n) is 12.4. The van der Waals surface area contributed by atoms with Crippen LogP contribution in [0.3, 0.4) is 0 Å². The summed E-state index contributed by atoms with van der Waals surface area (Å²) in [5.41, 5.74) is 4.29. The molecule has 0 unspecified atom stereocenters. The lowest BCUT2D eigenvalue weighted by atomic mass is 10.1. The van der Waals surface area contributed by atoms with Crippen LogP contribution in [0.4, 0.5) is 5.69 Å². The Bertz CT molecular complexity index is 715. The first kappa shape index (κ1) is 13.5. The van der Waals surface area contributed by atoms with Crippen molar-refractivity contribution in [3.8, 4) is 0 Å². The number of aromatic nitrogens is 2. The van der Waals surface area contributed by atoms with Crippen molar-refractivity contribution < 1.29 is 4.79 Å².